The zero-order valence-corrected chi connectivity index (χ0v) is 15.6. The van der Waals surface area contributed by atoms with Gasteiger partial charge in [0, 0.05) is 17.8 Å². The molecule has 8 nitrogen and oxygen atoms in total. The first kappa shape index (κ1) is 19.9. The number of imide groups is 1. The van der Waals surface area contributed by atoms with Crippen LogP contribution in [-0.2, 0) is 14.3 Å². The molecule has 0 radical (unpaired) electrons. The maximum absolute atomic E-state index is 12.2. The molecule has 29 heavy (non-hydrogen) atoms. The maximum Gasteiger partial charge on any atom is 0.308 e. The van der Waals surface area contributed by atoms with Gasteiger partial charge in [-0.1, -0.05) is 12.1 Å². The highest BCUT2D eigenvalue weighted by atomic mass is 16.5. The number of anilines is 1. The van der Waals surface area contributed by atoms with E-state index in [-0.39, 0.29) is 18.7 Å². The molecule has 8 heteroatoms. The summed E-state index contributed by atoms with van der Waals surface area (Å²) >= 11 is 0. The molecule has 1 heterocycles. The Morgan fingerprint density at radius 3 is 2.07 bits per heavy atom. The number of nitrogens with zero attached hydrogens (tertiary/aromatic N) is 1. The van der Waals surface area contributed by atoms with Crippen molar-refractivity contribution in [3.05, 3.63) is 65.2 Å². The first-order valence-electron chi connectivity index (χ1n) is 8.88. The van der Waals surface area contributed by atoms with Gasteiger partial charge in [-0.2, -0.15) is 0 Å². The number of rotatable bonds is 7. The van der Waals surface area contributed by atoms with Crippen LogP contribution in [0.5, 0.6) is 0 Å². The van der Waals surface area contributed by atoms with E-state index in [1.165, 1.54) is 6.92 Å². The van der Waals surface area contributed by atoms with Crippen molar-refractivity contribution in [3.63, 3.8) is 0 Å². The van der Waals surface area contributed by atoms with E-state index in [1.807, 2.05) is 0 Å². The third kappa shape index (κ3) is 4.55. The Balaban J connectivity index is 1.44. The van der Waals surface area contributed by atoms with E-state index in [9.17, 15) is 24.0 Å². The van der Waals surface area contributed by atoms with Crippen LogP contribution in [0.4, 0.5) is 5.69 Å². The standard InChI is InChI=1S/C21H18N2O6/c1-13(24)14-6-8-15(9-7-14)22-18(25)12-29-19(26)10-11-23-20(27)16-4-2-3-5-17(16)21(23)28/h2-9H,10-12H2,1H3,(H,22,25). The Hall–Kier alpha value is -3.81. The van der Waals surface area contributed by atoms with E-state index < -0.39 is 30.3 Å². The molecule has 1 aliphatic rings. The highest BCUT2D eigenvalue weighted by molar-refractivity contribution is 6.21. The van der Waals surface area contributed by atoms with Crippen molar-refractivity contribution >= 4 is 35.2 Å². The van der Waals surface area contributed by atoms with Gasteiger partial charge in [0.2, 0.25) is 0 Å². The van der Waals surface area contributed by atoms with Gasteiger partial charge in [0.05, 0.1) is 17.5 Å². The summed E-state index contributed by atoms with van der Waals surface area (Å²) in [6.45, 7) is 0.809. The number of ketones is 1. The Bertz CT molecular complexity index is 961. The SMILES string of the molecule is CC(=O)c1ccc(NC(=O)COC(=O)CCN2C(=O)c3ccccc3C2=O)cc1. The normalized spacial score (nSPS) is 12.5. The predicted molar refractivity (Wildman–Crippen MR) is 102 cm³/mol. The number of amides is 3. The van der Waals surface area contributed by atoms with Gasteiger partial charge >= 0.3 is 5.97 Å². The molecule has 0 bridgehead atoms. The molecule has 0 aromatic heterocycles. The van der Waals surface area contributed by atoms with E-state index in [0.717, 1.165) is 4.90 Å². The van der Waals surface area contributed by atoms with Gasteiger partial charge in [0.1, 0.15) is 0 Å². The largest absolute Gasteiger partial charge is 0.456 e. The fourth-order valence-corrected chi connectivity index (χ4v) is 2.85. The molecule has 1 aliphatic heterocycles. The van der Waals surface area contributed by atoms with Crippen molar-refractivity contribution in [1.82, 2.24) is 4.90 Å². The van der Waals surface area contributed by atoms with Crippen LogP contribution in [0.3, 0.4) is 0 Å². The summed E-state index contributed by atoms with van der Waals surface area (Å²) in [5.74, 6) is -2.25. The maximum atomic E-state index is 12.2. The Kier molecular flexibility index (Phi) is 5.82. The molecular weight excluding hydrogens is 376 g/mol. The molecule has 2 aromatic carbocycles. The number of hydrogen-bond donors (Lipinski definition) is 1. The summed E-state index contributed by atoms with van der Waals surface area (Å²) in [5.41, 5.74) is 1.59. The molecular formula is C21H18N2O6. The molecule has 0 saturated carbocycles. The van der Waals surface area contributed by atoms with Gasteiger partial charge in [-0.25, -0.2) is 0 Å². The van der Waals surface area contributed by atoms with E-state index in [0.29, 0.717) is 22.4 Å². The summed E-state index contributed by atoms with van der Waals surface area (Å²) in [7, 11) is 0. The number of nitrogens with one attached hydrogen (secondary N) is 1. The smallest absolute Gasteiger partial charge is 0.308 e. The van der Waals surface area contributed by atoms with E-state index in [1.54, 1.807) is 48.5 Å². The molecule has 3 amide bonds. The number of Topliss-reactive ketones (excluding diaryl/α,β-unsaturated/α-hetero) is 1. The van der Waals surface area contributed by atoms with Crippen molar-refractivity contribution in [2.24, 2.45) is 0 Å². The second-order valence-electron chi connectivity index (χ2n) is 6.40. The summed E-state index contributed by atoms with van der Waals surface area (Å²) < 4.78 is 4.89. The van der Waals surface area contributed by atoms with E-state index in [2.05, 4.69) is 5.32 Å². The summed E-state index contributed by atoms with van der Waals surface area (Å²) in [6, 6.07) is 12.7. The molecule has 0 fully saturated rings. The van der Waals surface area contributed by atoms with Crippen LogP contribution < -0.4 is 5.32 Å². The van der Waals surface area contributed by atoms with Crippen molar-refractivity contribution in [2.45, 2.75) is 13.3 Å². The zero-order chi connectivity index (χ0) is 21.0. The molecule has 3 rings (SSSR count). The molecule has 1 N–H and O–H groups in total. The fourth-order valence-electron chi connectivity index (χ4n) is 2.85. The lowest BCUT2D eigenvalue weighted by molar-refractivity contribution is -0.147. The van der Waals surface area contributed by atoms with Gasteiger partial charge in [-0.15, -0.1) is 0 Å². The number of carbonyl (C=O) groups is 5. The number of carbonyl (C=O) groups excluding carboxylic acids is 5. The first-order valence-corrected chi connectivity index (χ1v) is 8.88. The van der Waals surface area contributed by atoms with Gasteiger partial charge in [0.15, 0.2) is 12.4 Å². The Morgan fingerprint density at radius 1 is 0.931 bits per heavy atom. The highest BCUT2D eigenvalue weighted by Crippen LogP contribution is 2.22. The van der Waals surface area contributed by atoms with Crippen molar-refractivity contribution in [3.8, 4) is 0 Å². The van der Waals surface area contributed by atoms with Crippen LogP contribution in [0.1, 0.15) is 44.4 Å². The van der Waals surface area contributed by atoms with Crippen LogP contribution in [0.2, 0.25) is 0 Å². The second kappa shape index (κ2) is 8.47. The van der Waals surface area contributed by atoms with Crippen LogP contribution >= 0.6 is 0 Å². The van der Waals surface area contributed by atoms with Crippen molar-refractivity contribution < 1.29 is 28.7 Å². The van der Waals surface area contributed by atoms with E-state index >= 15 is 0 Å². The van der Waals surface area contributed by atoms with Crippen LogP contribution in [0.15, 0.2) is 48.5 Å². The number of benzene rings is 2. The first-order chi connectivity index (χ1) is 13.9. The highest BCUT2D eigenvalue weighted by Gasteiger charge is 2.35. The van der Waals surface area contributed by atoms with E-state index in [4.69, 9.17) is 4.74 Å². The summed E-state index contributed by atoms with van der Waals surface area (Å²) in [4.78, 5) is 60.4. The van der Waals surface area contributed by atoms with Gasteiger partial charge in [-0.3, -0.25) is 28.9 Å². The quantitative estimate of drug-likeness (QED) is 0.437. The van der Waals surface area contributed by atoms with Crippen LogP contribution in [0.25, 0.3) is 0 Å². The van der Waals surface area contributed by atoms with Gasteiger partial charge < -0.3 is 10.1 Å². The lowest BCUT2D eigenvalue weighted by atomic mass is 10.1. The zero-order valence-electron chi connectivity index (χ0n) is 15.6. The fraction of sp³-hybridized carbons (Fsp3) is 0.190. The average Bonchev–Trinajstić information content (AvgIpc) is 2.95. The number of fused-ring (bicyclic) bond motifs is 1. The second-order valence-corrected chi connectivity index (χ2v) is 6.40. The minimum Gasteiger partial charge on any atom is -0.456 e. The summed E-state index contributed by atoms with van der Waals surface area (Å²) in [6.07, 6.45) is -0.216. The summed E-state index contributed by atoms with van der Waals surface area (Å²) in [5, 5.41) is 2.54. The Labute approximate surface area is 166 Å². The third-order valence-corrected chi connectivity index (χ3v) is 4.36. The molecule has 0 unspecified atom stereocenters. The molecule has 0 saturated heterocycles. The Morgan fingerprint density at radius 2 is 1.52 bits per heavy atom. The van der Waals surface area contributed by atoms with Crippen molar-refractivity contribution in [2.75, 3.05) is 18.5 Å². The molecule has 0 spiro atoms. The molecule has 2 aromatic rings. The molecule has 0 aliphatic carbocycles. The average molecular weight is 394 g/mol. The number of ether oxygens (including phenoxy) is 1. The molecule has 0 atom stereocenters. The minimum atomic E-state index is -0.705. The van der Waals surface area contributed by atoms with Crippen LogP contribution in [-0.4, -0.2) is 47.5 Å². The lowest BCUT2D eigenvalue weighted by Crippen LogP contribution is -2.32. The lowest BCUT2D eigenvalue weighted by Gasteiger charge is -2.13. The number of hydrogen-bond acceptors (Lipinski definition) is 6. The van der Waals surface area contributed by atoms with Crippen LogP contribution in [0, 0.1) is 0 Å². The predicted octanol–water partition coefficient (Wildman–Crippen LogP) is 2.06. The van der Waals surface area contributed by atoms with Gasteiger partial charge in [-0.05, 0) is 43.3 Å². The van der Waals surface area contributed by atoms with Gasteiger partial charge in [0.25, 0.3) is 17.7 Å². The third-order valence-electron chi connectivity index (χ3n) is 4.36. The monoisotopic (exact) mass is 394 g/mol. The number of esters is 1. The molecule has 148 valence electrons. The van der Waals surface area contributed by atoms with Crippen molar-refractivity contribution in [1.29, 1.82) is 0 Å². The minimum absolute atomic E-state index is 0.0881. The topological polar surface area (TPSA) is 110 Å².